The van der Waals surface area contributed by atoms with Gasteiger partial charge in [0, 0.05) is 17.7 Å². The molecule has 0 aliphatic carbocycles. The van der Waals surface area contributed by atoms with Crippen LogP contribution in [0.5, 0.6) is 0 Å². The minimum atomic E-state index is -1.22. The number of hydrogen-bond acceptors (Lipinski definition) is 4. The van der Waals surface area contributed by atoms with E-state index in [-0.39, 0.29) is 5.69 Å². The summed E-state index contributed by atoms with van der Waals surface area (Å²) in [7, 11) is 0. The van der Waals surface area contributed by atoms with Crippen molar-refractivity contribution in [2.45, 2.75) is 12.5 Å². The van der Waals surface area contributed by atoms with Crippen LogP contribution in [0.1, 0.15) is 18.1 Å². The lowest BCUT2D eigenvalue weighted by Crippen LogP contribution is -2.21. The summed E-state index contributed by atoms with van der Waals surface area (Å²) in [5, 5.41) is 20.9. The van der Waals surface area contributed by atoms with Gasteiger partial charge in [-0.3, -0.25) is 10.1 Å². The molecule has 0 amide bonds. The predicted molar refractivity (Wildman–Crippen MR) is 60.5 cm³/mol. The summed E-state index contributed by atoms with van der Waals surface area (Å²) in [6.45, 7) is 1.61. The molecule has 5 nitrogen and oxygen atoms in total. The molecule has 88 valence electrons. The molecule has 5 heteroatoms. The number of furan rings is 1. The van der Waals surface area contributed by atoms with E-state index in [1.54, 1.807) is 13.0 Å². The number of benzene rings is 1. The van der Waals surface area contributed by atoms with Crippen LogP contribution >= 0.6 is 0 Å². The van der Waals surface area contributed by atoms with Crippen LogP contribution in [0.15, 0.2) is 47.3 Å². The summed E-state index contributed by atoms with van der Waals surface area (Å²) in [6, 6.07) is 7.45. The average molecular weight is 233 g/mol. The lowest BCUT2D eigenvalue weighted by Gasteiger charge is -2.22. The first-order valence-corrected chi connectivity index (χ1v) is 5.02. The van der Waals surface area contributed by atoms with Crippen LogP contribution < -0.4 is 0 Å². The molecule has 2 aromatic rings. The van der Waals surface area contributed by atoms with Crippen molar-refractivity contribution in [3.63, 3.8) is 0 Å². The van der Waals surface area contributed by atoms with Crippen LogP contribution in [0.25, 0.3) is 0 Å². The summed E-state index contributed by atoms with van der Waals surface area (Å²) >= 11 is 0. The van der Waals surface area contributed by atoms with Crippen LogP contribution in [0, 0.1) is 10.1 Å². The zero-order valence-electron chi connectivity index (χ0n) is 9.16. The molecule has 0 radical (unpaired) electrons. The molecular weight excluding hydrogens is 222 g/mol. The van der Waals surface area contributed by atoms with Gasteiger partial charge in [-0.05, 0) is 30.7 Å². The van der Waals surface area contributed by atoms with Gasteiger partial charge in [0.1, 0.15) is 5.60 Å². The van der Waals surface area contributed by atoms with Gasteiger partial charge in [0.05, 0.1) is 17.4 Å². The standard InChI is InChI=1S/C12H11NO4/c1-12(14,10-6-7-17-8-10)9-2-4-11(5-3-9)13(15)16/h2-8,14H,1H3. The van der Waals surface area contributed by atoms with Gasteiger partial charge in [-0.1, -0.05) is 0 Å². The van der Waals surface area contributed by atoms with Crippen molar-refractivity contribution in [1.82, 2.24) is 0 Å². The normalized spacial score (nSPS) is 14.2. The third-order valence-corrected chi connectivity index (χ3v) is 2.72. The molecular formula is C12H11NO4. The Labute approximate surface area is 97.5 Å². The predicted octanol–water partition coefficient (Wildman–Crippen LogP) is 2.44. The fourth-order valence-electron chi connectivity index (χ4n) is 1.62. The number of hydrogen-bond donors (Lipinski definition) is 1. The molecule has 0 saturated carbocycles. The Bertz CT molecular complexity index is 514. The highest BCUT2D eigenvalue weighted by molar-refractivity contribution is 5.39. The average Bonchev–Trinajstić information content (AvgIpc) is 2.83. The summed E-state index contributed by atoms with van der Waals surface area (Å²) in [5.41, 5.74) is -0.0464. The molecule has 0 spiro atoms. The molecule has 1 unspecified atom stereocenters. The van der Waals surface area contributed by atoms with E-state index in [1.807, 2.05) is 0 Å². The van der Waals surface area contributed by atoms with Crippen LogP contribution in [-0.4, -0.2) is 10.0 Å². The third kappa shape index (κ3) is 2.05. The van der Waals surface area contributed by atoms with Gasteiger partial charge in [0.15, 0.2) is 0 Å². The lowest BCUT2D eigenvalue weighted by atomic mass is 9.90. The highest BCUT2D eigenvalue weighted by atomic mass is 16.6. The van der Waals surface area contributed by atoms with Gasteiger partial charge in [0.25, 0.3) is 5.69 Å². The monoisotopic (exact) mass is 233 g/mol. The van der Waals surface area contributed by atoms with E-state index in [0.717, 1.165) is 0 Å². The van der Waals surface area contributed by atoms with Crippen molar-refractivity contribution >= 4 is 5.69 Å². The van der Waals surface area contributed by atoms with Gasteiger partial charge in [-0.2, -0.15) is 0 Å². The van der Waals surface area contributed by atoms with Crippen molar-refractivity contribution in [2.75, 3.05) is 0 Å². The first-order chi connectivity index (χ1) is 8.01. The zero-order chi connectivity index (χ0) is 12.5. The second kappa shape index (κ2) is 4.03. The molecule has 0 saturated heterocycles. The fourth-order valence-corrected chi connectivity index (χ4v) is 1.62. The molecule has 2 rings (SSSR count). The van der Waals surface area contributed by atoms with Gasteiger partial charge in [-0.25, -0.2) is 0 Å². The molecule has 0 bridgehead atoms. The Morgan fingerprint density at radius 3 is 2.35 bits per heavy atom. The van der Waals surface area contributed by atoms with Gasteiger partial charge < -0.3 is 9.52 Å². The van der Waals surface area contributed by atoms with Crippen LogP contribution in [0.2, 0.25) is 0 Å². The Balaban J connectivity index is 2.37. The van der Waals surface area contributed by atoms with Crippen molar-refractivity contribution in [1.29, 1.82) is 0 Å². The van der Waals surface area contributed by atoms with Crippen LogP contribution in [0.4, 0.5) is 5.69 Å². The Hall–Kier alpha value is -2.14. The van der Waals surface area contributed by atoms with E-state index in [9.17, 15) is 15.2 Å². The summed E-state index contributed by atoms with van der Waals surface area (Å²) in [5.74, 6) is 0. The van der Waals surface area contributed by atoms with E-state index in [2.05, 4.69) is 0 Å². The molecule has 0 aliphatic rings. The highest BCUT2D eigenvalue weighted by Crippen LogP contribution is 2.30. The first-order valence-electron chi connectivity index (χ1n) is 5.02. The Morgan fingerprint density at radius 1 is 1.24 bits per heavy atom. The second-order valence-electron chi connectivity index (χ2n) is 3.89. The summed E-state index contributed by atoms with van der Waals surface area (Å²) in [6.07, 6.45) is 2.91. The number of non-ortho nitro benzene ring substituents is 1. The molecule has 0 fully saturated rings. The number of nitro groups is 1. The van der Waals surface area contributed by atoms with E-state index in [1.165, 1.54) is 36.8 Å². The Morgan fingerprint density at radius 2 is 1.88 bits per heavy atom. The van der Waals surface area contributed by atoms with Crippen molar-refractivity contribution in [2.24, 2.45) is 0 Å². The maximum Gasteiger partial charge on any atom is 0.269 e. The number of nitrogens with zero attached hydrogens (tertiary/aromatic N) is 1. The van der Waals surface area contributed by atoms with Gasteiger partial charge >= 0.3 is 0 Å². The topological polar surface area (TPSA) is 76.5 Å². The van der Waals surface area contributed by atoms with E-state index < -0.39 is 10.5 Å². The molecule has 1 atom stereocenters. The van der Waals surface area contributed by atoms with Crippen LogP contribution in [-0.2, 0) is 5.60 Å². The maximum atomic E-state index is 10.5. The van der Waals surface area contributed by atoms with Gasteiger partial charge in [0.2, 0.25) is 0 Å². The molecule has 0 aliphatic heterocycles. The minimum absolute atomic E-state index is 0.00302. The van der Waals surface area contributed by atoms with Crippen molar-refractivity contribution in [3.05, 3.63) is 64.1 Å². The van der Waals surface area contributed by atoms with Crippen molar-refractivity contribution < 1.29 is 14.4 Å². The highest BCUT2D eigenvalue weighted by Gasteiger charge is 2.27. The molecule has 1 heterocycles. The molecule has 1 N–H and O–H groups in total. The van der Waals surface area contributed by atoms with E-state index in [0.29, 0.717) is 11.1 Å². The first kappa shape index (κ1) is 11.3. The Kier molecular flexibility index (Phi) is 2.69. The summed E-state index contributed by atoms with van der Waals surface area (Å²) in [4.78, 5) is 10.0. The smallest absolute Gasteiger partial charge is 0.269 e. The van der Waals surface area contributed by atoms with E-state index >= 15 is 0 Å². The fraction of sp³-hybridized carbons (Fsp3) is 0.167. The van der Waals surface area contributed by atoms with Gasteiger partial charge in [-0.15, -0.1) is 0 Å². The second-order valence-corrected chi connectivity index (χ2v) is 3.89. The number of nitro benzene ring substituents is 1. The minimum Gasteiger partial charge on any atom is -0.472 e. The van der Waals surface area contributed by atoms with Crippen molar-refractivity contribution in [3.8, 4) is 0 Å². The number of rotatable bonds is 3. The quantitative estimate of drug-likeness (QED) is 0.652. The molecule has 17 heavy (non-hydrogen) atoms. The largest absolute Gasteiger partial charge is 0.472 e. The third-order valence-electron chi connectivity index (χ3n) is 2.72. The van der Waals surface area contributed by atoms with E-state index in [4.69, 9.17) is 4.42 Å². The lowest BCUT2D eigenvalue weighted by molar-refractivity contribution is -0.384. The molecule has 1 aromatic heterocycles. The number of aliphatic hydroxyl groups is 1. The SMILES string of the molecule is CC(O)(c1ccc([N+](=O)[O-])cc1)c1ccoc1. The summed E-state index contributed by atoms with van der Waals surface area (Å²) < 4.78 is 4.92. The maximum absolute atomic E-state index is 10.5. The molecule has 1 aromatic carbocycles. The van der Waals surface area contributed by atoms with Crippen LogP contribution in [0.3, 0.4) is 0 Å². The zero-order valence-corrected chi connectivity index (χ0v) is 9.16.